The van der Waals surface area contributed by atoms with E-state index >= 15 is 0 Å². The van der Waals surface area contributed by atoms with Crippen LogP contribution < -0.4 is 68.5 Å². The maximum atomic E-state index is 12.2. The van der Waals surface area contributed by atoms with Crippen molar-refractivity contribution in [1.82, 2.24) is 21.3 Å². The highest BCUT2D eigenvalue weighted by atomic mass is 35.5. The molecule has 0 saturated heterocycles. The largest absolute Gasteiger partial charge is 0.506 e. The summed E-state index contributed by atoms with van der Waals surface area (Å²) < 4.78 is 5.70. The summed E-state index contributed by atoms with van der Waals surface area (Å²) in [6.45, 7) is 10.00. The number of rotatable bonds is 23. The van der Waals surface area contributed by atoms with Crippen LogP contribution in [0.4, 0.5) is 55.1 Å². The van der Waals surface area contributed by atoms with Gasteiger partial charge in [0.2, 0.25) is 0 Å². The van der Waals surface area contributed by atoms with Crippen molar-refractivity contribution in [2.45, 2.75) is 78.7 Å². The number of anilines is 8. The van der Waals surface area contributed by atoms with Crippen molar-refractivity contribution in [3.8, 4) is 46.0 Å². The molecular formula is C92H94Cl6N12O11S4. The van der Waals surface area contributed by atoms with Crippen LogP contribution in [0.1, 0.15) is 85.6 Å². The van der Waals surface area contributed by atoms with Gasteiger partial charge in [0.15, 0.2) is 20.4 Å². The summed E-state index contributed by atoms with van der Waals surface area (Å²) in [5, 5.41) is 117. The third-order valence-corrected chi connectivity index (χ3v) is 19.5. The minimum absolute atomic E-state index is 0.102. The summed E-state index contributed by atoms with van der Waals surface area (Å²) >= 11 is 56.0. The van der Waals surface area contributed by atoms with E-state index < -0.39 is 24.3 Å². The molecule has 0 heterocycles. The lowest BCUT2D eigenvalue weighted by atomic mass is 10.1. The van der Waals surface area contributed by atoms with E-state index in [1.807, 2.05) is 103 Å². The molecule has 0 bridgehead atoms. The van der Waals surface area contributed by atoms with Crippen LogP contribution in [-0.2, 0) is 19.5 Å². The molecule has 20 N–H and O–H groups in total. The van der Waals surface area contributed by atoms with E-state index in [2.05, 4.69) is 95.8 Å². The molecule has 4 amide bonds. The number of aliphatic hydroxyl groups is 2. The Bertz CT molecular complexity index is 5500. The topological polar surface area (TPSA) is 350 Å². The zero-order chi connectivity index (χ0) is 90.7. The molecule has 0 aliphatic carbocycles. The molecule has 2 unspecified atom stereocenters. The minimum Gasteiger partial charge on any atom is -0.506 e. The van der Waals surface area contributed by atoms with E-state index in [1.54, 1.807) is 97.1 Å². The molecule has 0 radical (unpaired) electrons. The maximum Gasteiger partial charge on any atom is 0.323 e. The Kier molecular flexibility index (Phi) is 42.8. The summed E-state index contributed by atoms with van der Waals surface area (Å²) in [6, 6.07) is 76.9. The van der Waals surface area contributed by atoms with Gasteiger partial charge < -0.3 is 109 Å². The Morgan fingerprint density at radius 2 is 0.696 bits per heavy atom. The van der Waals surface area contributed by atoms with E-state index in [4.69, 9.17) is 123 Å². The number of hydrogen-bond donors (Lipinski definition) is 20. The highest BCUT2D eigenvalue weighted by Crippen LogP contribution is 2.38. The van der Waals surface area contributed by atoms with Crippen LogP contribution in [0.5, 0.6) is 46.0 Å². The van der Waals surface area contributed by atoms with Gasteiger partial charge in [-0.2, -0.15) is 0 Å². The zero-order valence-electron chi connectivity index (χ0n) is 67.9. The lowest BCUT2D eigenvalue weighted by molar-refractivity contribution is 0.194. The number of aromatic hydroxyl groups is 6. The fourth-order valence-electron chi connectivity index (χ4n) is 10.8. The van der Waals surface area contributed by atoms with Crippen molar-refractivity contribution in [3.63, 3.8) is 0 Å². The molecule has 0 aliphatic heterocycles. The third-order valence-electron chi connectivity index (χ3n) is 17.2. The lowest BCUT2D eigenvalue weighted by Gasteiger charge is -2.14. The molecule has 0 aromatic heterocycles. The smallest absolute Gasteiger partial charge is 0.323 e. The quantitative estimate of drug-likeness (QED) is 0.0161. The van der Waals surface area contributed by atoms with Crippen LogP contribution in [-0.4, -0.2) is 86.5 Å². The Hall–Kier alpha value is -11.8. The molecule has 654 valence electrons. The van der Waals surface area contributed by atoms with Crippen LogP contribution in [0, 0.1) is 6.92 Å². The van der Waals surface area contributed by atoms with E-state index in [1.165, 1.54) is 91.9 Å². The average Bonchev–Trinajstić information content (AvgIpc) is 0.823. The number of urea groups is 2. The first kappa shape index (κ1) is 100. The van der Waals surface area contributed by atoms with Crippen LogP contribution in [0.2, 0.25) is 30.1 Å². The van der Waals surface area contributed by atoms with E-state index in [-0.39, 0.29) is 62.0 Å². The molecular weight excluding hydrogens is 1790 g/mol. The monoisotopic (exact) mass is 1880 g/mol. The zero-order valence-corrected chi connectivity index (χ0v) is 75.7. The maximum absolute atomic E-state index is 12.2. The molecule has 0 aliphatic rings. The number of benzene rings is 12. The molecule has 125 heavy (non-hydrogen) atoms. The number of carbonyl (C=O) groups excluding carboxylic acids is 2. The first-order valence-electron chi connectivity index (χ1n) is 38.6. The van der Waals surface area contributed by atoms with E-state index in [9.17, 15) is 50.4 Å². The number of para-hydroxylation sites is 2. The number of halogens is 6. The van der Waals surface area contributed by atoms with Crippen LogP contribution in [0.25, 0.3) is 0 Å². The standard InChI is InChI=1S/C21H19ClN2O4.C15H15ClN2O3.2C15H15ClN2OS.C14H13ClN2OS.C12H17ClN2OS/c1-13(25)18-11-14(22)12-19(20(18)26)24-21(27)23-15-7-9-17(10-8-15)28-16-5-3-2-4-6-16;1-9(19)12-7-10(16)8-13(14(12)20)18-15(21)17-11-5-3-2-4-6-11;1-10-4-2-3-5-11(10)9-17-15(20)18-13-8-12(16)6-7-14(13)19;16-12-6-7-14(19)13(10-12)18-15(20)17-9-8-11-4-2-1-3-5-11;15-11-6-7-13(18)12(8-11)17-14(19)16-9-10-4-2-1-3-5-10;1-2-3-4-7-14-12(17)15-10-8-9(13)5-6-11(10)16/h2-13,25-26H,1H3,(H2,23,24,27);2-9,19-20H,1H3,(H2,17,18,21);2-8,19H,9H2,1H3,(H2,17,18,20);1-7,10,19H,8-9H2,(H2,17,18,20);1-8,18H,9H2,(H2,16,17,19);5-6,8,16H,2-4,7H2,1H3,(H2,14,15,17). The van der Waals surface area contributed by atoms with Gasteiger partial charge in [-0.15, -0.1) is 0 Å². The number of nitrogens with one attached hydrogen (secondary N) is 12. The number of ether oxygens (including phenoxy) is 1. The summed E-state index contributed by atoms with van der Waals surface area (Å²) in [4.78, 5) is 24.1. The predicted molar refractivity (Wildman–Crippen MR) is 527 cm³/mol. The predicted octanol–water partition coefficient (Wildman–Crippen LogP) is 23.7. The molecule has 23 nitrogen and oxygen atoms in total. The number of hydrogen-bond acceptors (Lipinski definition) is 15. The highest BCUT2D eigenvalue weighted by molar-refractivity contribution is 7.81. The first-order valence-corrected chi connectivity index (χ1v) is 42.5. The van der Waals surface area contributed by atoms with Gasteiger partial charge in [-0.05, 0) is 250 Å². The first-order chi connectivity index (χ1) is 59.9. The Morgan fingerprint density at radius 3 is 1.10 bits per heavy atom. The van der Waals surface area contributed by atoms with Crippen molar-refractivity contribution >= 4 is 196 Å². The van der Waals surface area contributed by atoms with Gasteiger partial charge in [-0.1, -0.05) is 211 Å². The van der Waals surface area contributed by atoms with Gasteiger partial charge in [-0.25, -0.2) is 9.59 Å². The van der Waals surface area contributed by atoms with Crippen molar-refractivity contribution in [1.29, 1.82) is 0 Å². The fourth-order valence-corrected chi connectivity index (χ4v) is 12.7. The lowest BCUT2D eigenvalue weighted by Crippen LogP contribution is -2.30. The normalized spacial score (nSPS) is 10.7. The molecule has 0 fully saturated rings. The summed E-state index contributed by atoms with van der Waals surface area (Å²) in [5.74, 6) is 1.35. The molecule has 2 atom stereocenters. The number of aryl methyl sites for hydroxylation is 1. The molecule has 12 rings (SSSR count). The summed E-state index contributed by atoms with van der Waals surface area (Å²) in [5.41, 5.74) is 8.59. The van der Waals surface area contributed by atoms with Crippen LogP contribution in [0.3, 0.4) is 0 Å². The highest BCUT2D eigenvalue weighted by Gasteiger charge is 2.19. The van der Waals surface area contributed by atoms with Crippen molar-refractivity contribution < 1.29 is 55.2 Å². The van der Waals surface area contributed by atoms with Gasteiger partial charge in [0, 0.05) is 78.8 Å². The number of phenols is 6. The van der Waals surface area contributed by atoms with E-state index in [0.717, 1.165) is 31.5 Å². The van der Waals surface area contributed by atoms with Gasteiger partial charge in [-0.3, -0.25) is 0 Å². The number of thiocarbonyl (C=S) groups is 4. The van der Waals surface area contributed by atoms with Crippen molar-refractivity contribution in [2.24, 2.45) is 0 Å². The second-order valence-corrected chi connectivity index (χ2v) is 31.2. The Morgan fingerprint density at radius 1 is 0.352 bits per heavy atom. The summed E-state index contributed by atoms with van der Waals surface area (Å²) in [7, 11) is 0. The molecule has 0 spiro atoms. The van der Waals surface area contributed by atoms with Gasteiger partial charge in [0.25, 0.3) is 0 Å². The number of amides is 4. The average molecular weight is 1880 g/mol. The van der Waals surface area contributed by atoms with E-state index in [0.29, 0.717) is 104 Å². The van der Waals surface area contributed by atoms with Crippen molar-refractivity contribution in [3.05, 3.63) is 330 Å². The minimum atomic E-state index is -0.931. The number of aliphatic hydroxyl groups excluding tert-OH is 2. The number of carbonyl (C=O) groups is 2. The third kappa shape index (κ3) is 37.3. The Balaban J connectivity index is 0.000000207. The molecule has 12 aromatic carbocycles. The summed E-state index contributed by atoms with van der Waals surface area (Å²) in [6.07, 6.45) is 2.49. The molecule has 12 aromatic rings. The second-order valence-electron chi connectivity index (χ2n) is 27.0. The van der Waals surface area contributed by atoms with Gasteiger partial charge in [0.1, 0.15) is 46.0 Å². The van der Waals surface area contributed by atoms with Crippen LogP contribution >= 0.6 is 118 Å². The molecule has 33 heteroatoms. The SMILES string of the molecule is CC(O)c1cc(Cl)cc(NC(=O)Nc2ccc(Oc3ccccc3)cc2)c1O.CC(O)c1cc(Cl)cc(NC(=O)Nc2ccccc2)c1O.CCCCCNC(=S)Nc1cc(Cl)ccc1O.Cc1ccccc1CNC(=S)Nc1cc(Cl)ccc1O.Oc1ccc(Cl)cc1NC(=S)NCCc1ccccc1.Oc1ccc(Cl)cc1NC(=S)NCc1ccccc1. The molecule has 0 saturated carbocycles. The van der Waals surface area contributed by atoms with Gasteiger partial charge in [0.05, 0.1) is 46.3 Å². The fraction of sp³-hybridized carbons (Fsp3) is 0.152. The number of phenolic OH excluding ortho intramolecular Hbond substituents is 6. The Labute approximate surface area is 777 Å². The van der Waals surface area contributed by atoms with Crippen molar-refractivity contribution in [2.75, 3.05) is 55.6 Å². The second kappa shape index (κ2) is 53.4. The van der Waals surface area contributed by atoms with Gasteiger partial charge >= 0.3 is 12.1 Å². The van der Waals surface area contributed by atoms with Crippen LogP contribution in [0.15, 0.2) is 267 Å². The number of unbranched alkanes of at least 4 members (excludes halogenated alkanes) is 2.